The molecule has 0 spiro atoms. The number of hydrogen-bond acceptors (Lipinski definition) is 6. The van der Waals surface area contributed by atoms with Crippen LogP contribution in [0.2, 0.25) is 0 Å². The Hall–Kier alpha value is -4.58. The Balaban J connectivity index is 1.08. The number of carbonyl (C=O) groups is 2. The monoisotopic (exact) mass is 524 g/mol. The van der Waals surface area contributed by atoms with Gasteiger partial charge in [-0.25, -0.2) is 9.59 Å². The lowest BCUT2D eigenvalue weighted by Gasteiger charge is -2.09. The number of benzene rings is 4. The van der Waals surface area contributed by atoms with Crippen molar-refractivity contribution >= 4 is 11.9 Å². The average Bonchev–Trinajstić information content (AvgIpc) is 2.95. The zero-order valence-electron chi connectivity index (χ0n) is 22.2. The van der Waals surface area contributed by atoms with Gasteiger partial charge in [-0.3, -0.25) is 0 Å². The van der Waals surface area contributed by atoms with Crippen LogP contribution < -0.4 is 18.9 Å². The van der Waals surface area contributed by atoms with Crippen molar-refractivity contribution in [3.8, 4) is 23.0 Å². The van der Waals surface area contributed by atoms with Gasteiger partial charge in [0.15, 0.2) is 0 Å². The van der Waals surface area contributed by atoms with Crippen molar-refractivity contribution in [1.29, 1.82) is 0 Å². The van der Waals surface area contributed by atoms with Crippen molar-refractivity contribution in [2.45, 2.75) is 33.1 Å². The van der Waals surface area contributed by atoms with Crippen molar-refractivity contribution in [2.75, 3.05) is 13.2 Å². The minimum absolute atomic E-state index is 0.386. The molecule has 0 heterocycles. The maximum atomic E-state index is 12.2. The Morgan fingerprint density at radius 1 is 0.462 bits per heavy atom. The maximum absolute atomic E-state index is 12.2. The molecule has 0 radical (unpaired) electrons. The summed E-state index contributed by atoms with van der Waals surface area (Å²) in [5.41, 5.74) is 3.21. The highest BCUT2D eigenvalue weighted by Crippen LogP contribution is 2.21. The molecule has 0 aromatic heterocycles. The van der Waals surface area contributed by atoms with Crippen LogP contribution in [0.4, 0.5) is 0 Å². The van der Waals surface area contributed by atoms with Gasteiger partial charge in [-0.05, 0) is 106 Å². The van der Waals surface area contributed by atoms with Gasteiger partial charge >= 0.3 is 11.9 Å². The van der Waals surface area contributed by atoms with Gasteiger partial charge in [-0.15, -0.1) is 0 Å². The first-order valence-corrected chi connectivity index (χ1v) is 13.0. The Morgan fingerprint density at radius 2 is 0.795 bits per heavy atom. The largest absolute Gasteiger partial charge is 0.494 e. The minimum Gasteiger partial charge on any atom is -0.494 e. The van der Waals surface area contributed by atoms with Gasteiger partial charge in [0.25, 0.3) is 0 Å². The van der Waals surface area contributed by atoms with E-state index < -0.39 is 0 Å². The van der Waals surface area contributed by atoms with E-state index in [4.69, 9.17) is 18.9 Å². The predicted molar refractivity (Wildman–Crippen MR) is 150 cm³/mol. The highest BCUT2D eigenvalue weighted by molar-refractivity contribution is 5.91. The second-order valence-corrected chi connectivity index (χ2v) is 9.21. The smallest absolute Gasteiger partial charge is 0.343 e. The molecule has 200 valence electrons. The summed E-state index contributed by atoms with van der Waals surface area (Å²) in [6, 6.07) is 28.6. The molecular formula is C33H32O6. The predicted octanol–water partition coefficient (Wildman–Crippen LogP) is 7.37. The topological polar surface area (TPSA) is 71.1 Å². The van der Waals surface area contributed by atoms with Crippen LogP contribution in [0.1, 0.15) is 51.1 Å². The molecule has 0 aliphatic rings. The third-order valence-corrected chi connectivity index (χ3v) is 5.97. The highest BCUT2D eigenvalue weighted by atomic mass is 16.5. The van der Waals surface area contributed by atoms with E-state index in [0.717, 1.165) is 41.9 Å². The molecule has 4 aromatic carbocycles. The van der Waals surface area contributed by atoms with E-state index in [9.17, 15) is 9.59 Å². The lowest BCUT2D eigenvalue weighted by atomic mass is 10.1. The van der Waals surface area contributed by atoms with Crippen molar-refractivity contribution in [3.05, 3.63) is 119 Å². The number of rotatable bonds is 12. The molecule has 0 aliphatic carbocycles. The molecule has 4 rings (SSSR count). The van der Waals surface area contributed by atoms with Crippen molar-refractivity contribution in [3.63, 3.8) is 0 Å². The first-order valence-electron chi connectivity index (χ1n) is 13.0. The van der Waals surface area contributed by atoms with Gasteiger partial charge in [0.1, 0.15) is 23.0 Å². The lowest BCUT2D eigenvalue weighted by Crippen LogP contribution is -2.08. The summed E-state index contributed by atoms with van der Waals surface area (Å²) in [4.78, 5) is 24.5. The highest BCUT2D eigenvalue weighted by Gasteiger charge is 2.09. The number of carbonyl (C=O) groups excluding carboxylic acids is 2. The summed E-state index contributed by atoms with van der Waals surface area (Å²) >= 11 is 0. The molecule has 0 unspecified atom stereocenters. The number of unbranched alkanes of at least 4 members (excludes halogenated alkanes) is 2. The molecule has 39 heavy (non-hydrogen) atoms. The van der Waals surface area contributed by atoms with Gasteiger partial charge in [0.05, 0.1) is 24.3 Å². The fraction of sp³-hybridized carbons (Fsp3) is 0.212. The molecular weight excluding hydrogens is 492 g/mol. The number of ether oxygens (including phenoxy) is 4. The summed E-state index contributed by atoms with van der Waals surface area (Å²) in [6.45, 7) is 5.11. The average molecular weight is 525 g/mol. The van der Waals surface area contributed by atoms with Crippen LogP contribution in [0.25, 0.3) is 0 Å². The van der Waals surface area contributed by atoms with E-state index in [1.165, 1.54) is 0 Å². The Labute approximate surface area is 229 Å². The van der Waals surface area contributed by atoms with Crippen molar-refractivity contribution in [1.82, 2.24) is 0 Å². The van der Waals surface area contributed by atoms with Gasteiger partial charge < -0.3 is 18.9 Å². The molecule has 0 bridgehead atoms. The Bertz CT molecular complexity index is 1230. The molecule has 0 aliphatic heterocycles. The quantitative estimate of drug-likeness (QED) is 0.109. The minimum atomic E-state index is -0.386. The van der Waals surface area contributed by atoms with E-state index in [1.807, 2.05) is 38.1 Å². The molecule has 0 saturated heterocycles. The second-order valence-electron chi connectivity index (χ2n) is 9.21. The zero-order chi connectivity index (χ0) is 27.5. The standard InChI is InChI=1S/C33H32O6/c1-24-6-10-26(11-7-24)32(34)38-30-18-14-28(15-19-30)36-22-4-3-5-23-37-29-16-20-31(21-17-29)39-33(35)27-12-8-25(2)9-13-27/h6-21H,3-5,22-23H2,1-2H3. The Morgan fingerprint density at radius 3 is 1.15 bits per heavy atom. The van der Waals surface area contributed by atoms with Crippen LogP contribution in [0, 0.1) is 13.8 Å². The molecule has 0 saturated carbocycles. The number of esters is 2. The third-order valence-electron chi connectivity index (χ3n) is 5.97. The van der Waals surface area contributed by atoms with Gasteiger partial charge in [0, 0.05) is 0 Å². The van der Waals surface area contributed by atoms with Crippen molar-refractivity contribution in [2.24, 2.45) is 0 Å². The van der Waals surface area contributed by atoms with E-state index >= 15 is 0 Å². The lowest BCUT2D eigenvalue weighted by molar-refractivity contribution is 0.0725. The van der Waals surface area contributed by atoms with Crippen LogP contribution in [-0.4, -0.2) is 25.2 Å². The fourth-order valence-corrected chi connectivity index (χ4v) is 3.68. The van der Waals surface area contributed by atoms with E-state index in [0.29, 0.717) is 35.8 Å². The molecule has 0 atom stereocenters. The number of aryl methyl sites for hydroxylation is 2. The third kappa shape index (κ3) is 8.75. The summed E-state index contributed by atoms with van der Waals surface area (Å²) in [5.74, 6) is 1.63. The molecule has 0 fully saturated rings. The molecule has 6 heteroatoms. The molecule has 6 nitrogen and oxygen atoms in total. The van der Waals surface area contributed by atoms with Gasteiger partial charge in [-0.2, -0.15) is 0 Å². The first kappa shape index (κ1) is 27.5. The summed E-state index contributed by atoms with van der Waals surface area (Å²) in [5, 5.41) is 0. The van der Waals surface area contributed by atoms with Gasteiger partial charge in [-0.1, -0.05) is 35.4 Å². The molecule has 4 aromatic rings. The van der Waals surface area contributed by atoms with Crippen LogP contribution >= 0.6 is 0 Å². The zero-order valence-corrected chi connectivity index (χ0v) is 22.2. The van der Waals surface area contributed by atoms with Crippen molar-refractivity contribution < 1.29 is 28.5 Å². The normalized spacial score (nSPS) is 10.5. The second kappa shape index (κ2) is 13.8. The maximum Gasteiger partial charge on any atom is 0.343 e. The molecule has 0 N–H and O–H groups in total. The van der Waals surface area contributed by atoms with E-state index in [-0.39, 0.29) is 11.9 Å². The van der Waals surface area contributed by atoms with Crippen LogP contribution in [-0.2, 0) is 0 Å². The van der Waals surface area contributed by atoms with Gasteiger partial charge in [0.2, 0.25) is 0 Å². The number of hydrogen-bond donors (Lipinski definition) is 0. The first-order chi connectivity index (χ1) is 19.0. The summed E-state index contributed by atoms with van der Waals surface area (Å²) < 4.78 is 22.4. The molecule has 0 amide bonds. The van der Waals surface area contributed by atoms with Crippen LogP contribution in [0.3, 0.4) is 0 Å². The fourth-order valence-electron chi connectivity index (χ4n) is 3.68. The van der Waals surface area contributed by atoms with Crippen LogP contribution in [0.5, 0.6) is 23.0 Å². The van der Waals surface area contributed by atoms with E-state index in [1.54, 1.807) is 72.8 Å². The SMILES string of the molecule is Cc1ccc(C(=O)Oc2ccc(OCCCCCOc3ccc(OC(=O)c4ccc(C)cc4)cc3)cc2)cc1. The summed E-state index contributed by atoms with van der Waals surface area (Å²) in [6.07, 6.45) is 2.74. The Kier molecular flexibility index (Phi) is 9.73. The van der Waals surface area contributed by atoms with Crippen LogP contribution in [0.15, 0.2) is 97.1 Å². The van der Waals surface area contributed by atoms with E-state index in [2.05, 4.69) is 0 Å². The summed E-state index contributed by atoms with van der Waals surface area (Å²) in [7, 11) is 0.